The molecule has 1 heterocycles. The van der Waals surface area contributed by atoms with E-state index in [1.807, 2.05) is 18.2 Å². The standard InChI is InChI=1S/C14H10BrN3O2S/c15-10-1-4-13(18(19)20)9(5-10)7-16-11-2-3-12-14(6-11)21-8-17-12/h1-6,8,16H,7H2. The van der Waals surface area contributed by atoms with Crippen LogP contribution in [0.3, 0.4) is 0 Å². The Morgan fingerprint density at radius 3 is 2.95 bits per heavy atom. The molecule has 3 rings (SSSR count). The lowest BCUT2D eigenvalue weighted by atomic mass is 10.1. The van der Waals surface area contributed by atoms with Crippen LogP contribution in [0.1, 0.15) is 5.56 Å². The lowest BCUT2D eigenvalue weighted by Crippen LogP contribution is -2.03. The zero-order valence-electron chi connectivity index (χ0n) is 10.7. The van der Waals surface area contributed by atoms with Crippen molar-refractivity contribution in [2.45, 2.75) is 6.54 Å². The van der Waals surface area contributed by atoms with Crippen LogP contribution in [0.25, 0.3) is 10.2 Å². The van der Waals surface area contributed by atoms with Gasteiger partial charge in [-0.3, -0.25) is 10.1 Å². The molecule has 0 spiro atoms. The molecule has 0 radical (unpaired) electrons. The number of rotatable bonds is 4. The van der Waals surface area contributed by atoms with Gasteiger partial charge in [0.25, 0.3) is 5.69 Å². The first-order valence-electron chi connectivity index (χ1n) is 6.13. The smallest absolute Gasteiger partial charge is 0.274 e. The number of nitrogens with one attached hydrogen (secondary N) is 1. The molecular formula is C14H10BrN3O2S. The summed E-state index contributed by atoms with van der Waals surface area (Å²) in [5.74, 6) is 0. The van der Waals surface area contributed by atoms with Crippen LogP contribution in [0.15, 0.2) is 46.4 Å². The summed E-state index contributed by atoms with van der Waals surface area (Å²) in [6, 6.07) is 10.8. The number of thiazole rings is 1. The molecule has 106 valence electrons. The maximum absolute atomic E-state index is 11.0. The van der Waals surface area contributed by atoms with Crippen LogP contribution in [0.4, 0.5) is 11.4 Å². The number of anilines is 1. The molecule has 0 bridgehead atoms. The number of hydrogen-bond donors (Lipinski definition) is 1. The lowest BCUT2D eigenvalue weighted by Gasteiger charge is -2.07. The maximum atomic E-state index is 11.0. The Kier molecular flexibility index (Phi) is 3.85. The molecule has 0 unspecified atom stereocenters. The molecule has 1 N–H and O–H groups in total. The van der Waals surface area contributed by atoms with E-state index in [9.17, 15) is 10.1 Å². The predicted molar refractivity (Wildman–Crippen MR) is 87.7 cm³/mol. The molecule has 21 heavy (non-hydrogen) atoms. The van der Waals surface area contributed by atoms with Crippen molar-refractivity contribution in [3.8, 4) is 0 Å². The molecule has 5 nitrogen and oxygen atoms in total. The number of benzene rings is 2. The number of halogens is 1. The van der Waals surface area contributed by atoms with Crippen molar-refractivity contribution in [3.05, 3.63) is 62.1 Å². The van der Waals surface area contributed by atoms with E-state index in [2.05, 4.69) is 26.2 Å². The van der Waals surface area contributed by atoms with Crippen molar-refractivity contribution in [3.63, 3.8) is 0 Å². The SMILES string of the molecule is O=[N+]([O-])c1ccc(Br)cc1CNc1ccc2ncsc2c1. The Morgan fingerprint density at radius 1 is 1.29 bits per heavy atom. The fraction of sp³-hybridized carbons (Fsp3) is 0.0714. The summed E-state index contributed by atoms with van der Waals surface area (Å²) in [5.41, 5.74) is 4.43. The van der Waals surface area contributed by atoms with E-state index in [1.54, 1.807) is 29.0 Å². The second-order valence-electron chi connectivity index (χ2n) is 4.42. The van der Waals surface area contributed by atoms with Crippen molar-refractivity contribution < 1.29 is 4.92 Å². The third-order valence-electron chi connectivity index (χ3n) is 3.05. The Morgan fingerprint density at radius 2 is 2.14 bits per heavy atom. The minimum absolute atomic E-state index is 0.115. The summed E-state index contributed by atoms with van der Waals surface area (Å²) in [6.45, 7) is 0.389. The second kappa shape index (κ2) is 5.79. The molecule has 2 aromatic carbocycles. The molecule has 7 heteroatoms. The van der Waals surface area contributed by atoms with Crippen LogP contribution in [0.2, 0.25) is 0 Å². The van der Waals surface area contributed by atoms with Crippen LogP contribution in [0, 0.1) is 10.1 Å². The monoisotopic (exact) mass is 363 g/mol. The van der Waals surface area contributed by atoms with Crippen molar-refractivity contribution >= 4 is 48.9 Å². The number of aromatic nitrogens is 1. The van der Waals surface area contributed by atoms with E-state index in [4.69, 9.17) is 0 Å². The van der Waals surface area contributed by atoms with Gasteiger partial charge in [0.05, 0.1) is 20.7 Å². The van der Waals surface area contributed by atoms with Crippen LogP contribution >= 0.6 is 27.3 Å². The van der Waals surface area contributed by atoms with Crippen LogP contribution < -0.4 is 5.32 Å². The quantitative estimate of drug-likeness (QED) is 0.544. The second-order valence-corrected chi connectivity index (χ2v) is 6.22. The van der Waals surface area contributed by atoms with Gasteiger partial charge in [0.1, 0.15) is 0 Å². The zero-order chi connectivity index (χ0) is 14.8. The molecule has 0 saturated heterocycles. The molecule has 0 aliphatic heterocycles. The molecule has 0 fully saturated rings. The first kappa shape index (κ1) is 14.0. The van der Waals surface area contributed by atoms with E-state index in [-0.39, 0.29) is 10.6 Å². The maximum Gasteiger partial charge on any atom is 0.274 e. The molecule has 0 atom stereocenters. The van der Waals surface area contributed by atoms with Crippen molar-refractivity contribution in [2.75, 3.05) is 5.32 Å². The first-order chi connectivity index (χ1) is 10.1. The molecule has 0 aliphatic rings. The Balaban J connectivity index is 1.83. The van der Waals surface area contributed by atoms with Gasteiger partial charge in [-0.2, -0.15) is 0 Å². The molecule has 0 amide bonds. The minimum Gasteiger partial charge on any atom is -0.381 e. The van der Waals surface area contributed by atoms with E-state index < -0.39 is 0 Å². The first-order valence-corrected chi connectivity index (χ1v) is 7.81. The number of fused-ring (bicyclic) bond motifs is 1. The largest absolute Gasteiger partial charge is 0.381 e. The Bertz CT molecular complexity index is 819. The number of hydrogen-bond acceptors (Lipinski definition) is 5. The van der Waals surface area contributed by atoms with Crippen molar-refractivity contribution in [1.82, 2.24) is 4.98 Å². The van der Waals surface area contributed by atoms with Crippen molar-refractivity contribution in [1.29, 1.82) is 0 Å². The van der Waals surface area contributed by atoms with Gasteiger partial charge in [0, 0.05) is 28.3 Å². The van der Waals surface area contributed by atoms with Gasteiger partial charge >= 0.3 is 0 Å². The summed E-state index contributed by atoms with van der Waals surface area (Å²) >= 11 is 4.91. The van der Waals surface area contributed by atoms with E-state index in [1.165, 1.54) is 6.07 Å². The van der Waals surface area contributed by atoms with Gasteiger partial charge in [-0.1, -0.05) is 15.9 Å². The Hall–Kier alpha value is -1.99. The summed E-state index contributed by atoms with van der Waals surface area (Å²) in [5, 5.41) is 14.3. The Labute approximate surface area is 132 Å². The van der Waals surface area contributed by atoms with Gasteiger partial charge in [0.2, 0.25) is 0 Å². The topological polar surface area (TPSA) is 68.1 Å². The fourth-order valence-electron chi connectivity index (χ4n) is 2.04. The highest BCUT2D eigenvalue weighted by Gasteiger charge is 2.13. The molecular weight excluding hydrogens is 354 g/mol. The average Bonchev–Trinajstić information content (AvgIpc) is 2.92. The minimum atomic E-state index is -0.365. The summed E-state index contributed by atoms with van der Waals surface area (Å²) < 4.78 is 1.91. The number of nitrogens with zero attached hydrogens (tertiary/aromatic N) is 2. The number of nitro benzene ring substituents is 1. The summed E-state index contributed by atoms with van der Waals surface area (Å²) in [4.78, 5) is 14.9. The summed E-state index contributed by atoms with van der Waals surface area (Å²) in [7, 11) is 0. The molecule has 0 aliphatic carbocycles. The zero-order valence-corrected chi connectivity index (χ0v) is 13.1. The van der Waals surface area contributed by atoms with Crippen LogP contribution in [-0.2, 0) is 6.54 Å². The van der Waals surface area contributed by atoms with E-state index in [0.717, 1.165) is 20.4 Å². The van der Waals surface area contributed by atoms with Gasteiger partial charge in [0.15, 0.2) is 0 Å². The van der Waals surface area contributed by atoms with Crippen LogP contribution in [0.5, 0.6) is 0 Å². The predicted octanol–water partition coefficient (Wildman–Crippen LogP) is 4.58. The highest BCUT2D eigenvalue weighted by atomic mass is 79.9. The van der Waals surface area contributed by atoms with Crippen molar-refractivity contribution in [2.24, 2.45) is 0 Å². The van der Waals surface area contributed by atoms with Gasteiger partial charge in [-0.25, -0.2) is 4.98 Å². The van der Waals surface area contributed by atoms with Gasteiger partial charge in [-0.15, -0.1) is 11.3 Å². The fourth-order valence-corrected chi connectivity index (χ4v) is 3.16. The highest BCUT2D eigenvalue weighted by Crippen LogP contribution is 2.26. The number of nitro groups is 1. The third kappa shape index (κ3) is 3.03. The molecule has 1 aromatic heterocycles. The highest BCUT2D eigenvalue weighted by molar-refractivity contribution is 9.10. The molecule has 0 saturated carbocycles. The van der Waals surface area contributed by atoms with Gasteiger partial charge < -0.3 is 5.32 Å². The van der Waals surface area contributed by atoms with Gasteiger partial charge in [-0.05, 0) is 30.3 Å². The average molecular weight is 364 g/mol. The lowest BCUT2D eigenvalue weighted by molar-refractivity contribution is -0.385. The van der Waals surface area contributed by atoms with Crippen LogP contribution in [-0.4, -0.2) is 9.91 Å². The normalized spacial score (nSPS) is 10.7. The van der Waals surface area contributed by atoms with E-state index >= 15 is 0 Å². The molecule has 3 aromatic rings. The van der Waals surface area contributed by atoms with E-state index in [0.29, 0.717) is 12.1 Å². The summed E-state index contributed by atoms with van der Waals surface area (Å²) in [6.07, 6.45) is 0. The third-order valence-corrected chi connectivity index (χ3v) is 4.34.